The molecule has 0 aromatic heterocycles. The van der Waals surface area contributed by atoms with Gasteiger partial charge in [-0.25, -0.2) is 0 Å². The molecule has 32 heavy (non-hydrogen) atoms. The molecule has 0 saturated heterocycles. The van der Waals surface area contributed by atoms with E-state index in [1.807, 2.05) is 24.3 Å². The molecule has 0 amide bonds. The molecule has 0 bridgehead atoms. The van der Waals surface area contributed by atoms with E-state index in [1.165, 1.54) is 82.6 Å². The Labute approximate surface area is 196 Å². The van der Waals surface area contributed by atoms with Crippen LogP contribution in [0, 0.1) is 0 Å². The van der Waals surface area contributed by atoms with E-state index in [0.717, 1.165) is 36.6 Å². The zero-order chi connectivity index (χ0) is 22.7. The molecular formula is C29H44N2O. The maximum Gasteiger partial charge on any atom is 0.119 e. The molecule has 2 aromatic carbocycles. The Kier molecular flexibility index (Phi) is 14.2. The van der Waals surface area contributed by atoms with Gasteiger partial charge in [0.05, 0.1) is 18.0 Å². The lowest BCUT2D eigenvalue weighted by atomic mass is 10.0. The molecule has 0 fully saturated rings. The molecule has 176 valence electrons. The van der Waals surface area contributed by atoms with E-state index in [1.54, 1.807) is 0 Å². The number of rotatable bonds is 18. The average Bonchev–Trinajstić information content (AvgIpc) is 2.83. The van der Waals surface area contributed by atoms with Crippen molar-refractivity contribution in [1.82, 2.24) is 0 Å². The first kappa shape index (κ1) is 26.1. The van der Waals surface area contributed by atoms with Crippen molar-refractivity contribution in [3.05, 3.63) is 54.1 Å². The van der Waals surface area contributed by atoms with Crippen LogP contribution in [-0.2, 0) is 6.42 Å². The second-order valence-electron chi connectivity index (χ2n) is 8.85. The third-order valence-corrected chi connectivity index (χ3v) is 5.89. The minimum Gasteiger partial charge on any atom is -0.494 e. The smallest absolute Gasteiger partial charge is 0.119 e. The van der Waals surface area contributed by atoms with Gasteiger partial charge in [-0.3, -0.25) is 0 Å². The SMILES string of the molecule is CCCCCCCCCCCc1ccc(N=Nc2ccc(OCCCCCC)cc2)cc1. The molecule has 0 heterocycles. The van der Waals surface area contributed by atoms with E-state index in [-0.39, 0.29) is 0 Å². The summed E-state index contributed by atoms with van der Waals surface area (Å²) in [5, 5.41) is 8.74. The van der Waals surface area contributed by atoms with Crippen molar-refractivity contribution in [2.75, 3.05) is 6.61 Å². The molecule has 0 radical (unpaired) electrons. The lowest BCUT2D eigenvalue weighted by molar-refractivity contribution is 0.305. The molecule has 0 aliphatic carbocycles. The molecule has 0 N–H and O–H groups in total. The molecule has 0 aliphatic heterocycles. The molecule has 0 atom stereocenters. The third-order valence-electron chi connectivity index (χ3n) is 5.89. The van der Waals surface area contributed by atoms with E-state index in [2.05, 4.69) is 48.3 Å². The summed E-state index contributed by atoms with van der Waals surface area (Å²) in [5.74, 6) is 0.904. The highest BCUT2D eigenvalue weighted by molar-refractivity contribution is 5.43. The minimum atomic E-state index is 0.784. The number of ether oxygens (including phenoxy) is 1. The quantitative estimate of drug-likeness (QED) is 0.169. The van der Waals surface area contributed by atoms with Gasteiger partial charge in [0.25, 0.3) is 0 Å². The van der Waals surface area contributed by atoms with Crippen LogP contribution in [0.4, 0.5) is 11.4 Å². The minimum absolute atomic E-state index is 0.784. The Balaban J connectivity index is 1.62. The number of unbranched alkanes of at least 4 members (excludes halogenated alkanes) is 11. The summed E-state index contributed by atoms with van der Waals surface area (Å²) >= 11 is 0. The van der Waals surface area contributed by atoms with Gasteiger partial charge in [-0.1, -0.05) is 96.6 Å². The molecule has 0 saturated carbocycles. The Morgan fingerprint density at radius 2 is 1.00 bits per heavy atom. The maximum atomic E-state index is 5.78. The van der Waals surface area contributed by atoms with Crippen LogP contribution in [0.5, 0.6) is 5.75 Å². The van der Waals surface area contributed by atoms with Crippen molar-refractivity contribution in [2.24, 2.45) is 10.2 Å². The first-order valence-corrected chi connectivity index (χ1v) is 13.1. The van der Waals surface area contributed by atoms with Crippen molar-refractivity contribution < 1.29 is 4.74 Å². The Morgan fingerprint density at radius 1 is 0.531 bits per heavy atom. The average molecular weight is 437 g/mol. The van der Waals surface area contributed by atoms with Crippen LogP contribution in [0.25, 0.3) is 0 Å². The molecular weight excluding hydrogens is 392 g/mol. The van der Waals surface area contributed by atoms with Crippen LogP contribution in [-0.4, -0.2) is 6.61 Å². The van der Waals surface area contributed by atoms with E-state index in [9.17, 15) is 0 Å². The number of benzene rings is 2. The molecule has 0 unspecified atom stereocenters. The molecule has 3 nitrogen and oxygen atoms in total. The second-order valence-corrected chi connectivity index (χ2v) is 8.85. The zero-order valence-corrected chi connectivity index (χ0v) is 20.5. The molecule has 2 aromatic rings. The fraction of sp³-hybridized carbons (Fsp3) is 0.586. The van der Waals surface area contributed by atoms with Gasteiger partial charge in [0.2, 0.25) is 0 Å². The van der Waals surface area contributed by atoms with Crippen LogP contribution >= 0.6 is 0 Å². The molecule has 3 heteroatoms. The number of nitrogens with zero attached hydrogens (tertiary/aromatic N) is 2. The monoisotopic (exact) mass is 436 g/mol. The first-order valence-electron chi connectivity index (χ1n) is 13.1. The van der Waals surface area contributed by atoms with Gasteiger partial charge in [0, 0.05) is 0 Å². The van der Waals surface area contributed by atoms with Crippen LogP contribution in [0.2, 0.25) is 0 Å². The highest BCUT2D eigenvalue weighted by Gasteiger charge is 1.98. The van der Waals surface area contributed by atoms with Gasteiger partial charge in [-0.2, -0.15) is 10.2 Å². The summed E-state index contributed by atoms with van der Waals surface area (Å²) < 4.78 is 5.78. The first-order chi connectivity index (χ1) is 15.8. The maximum absolute atomic E-state index is 5.78. The summed E-state index contributed by atoms with van der Waals surface area (Å²) in [4.78, 5) is 0. The van der Waals surface area contributed by atoms with E-state index < -0.39 is 0 Å². The number of hydrogen-bond donors (Lipinski definition) is 0. The second kappa shape index (κ2) is 17.4. The molecule has 0 spiro atoms. The van der Waals surface area contributed by atoms with Crippen LogP contribution < -0.4 is 4.74 Å². The largest absolute Gasteiger partial charge is 0.494 e. The normalized spacial score (nSPS) is 11.3. The van der Waals surface area contributed by atoms with Crippen LogP contribution in [0.3, 0.4) is 0 Å². The van der Waals surface area contributed by atoms with E-state index in [0.29, 0.717) is 0 Å². The van der Waals surface area contributed by atoms with Gasteiger partial charge in [-0.15, -0.1) is 0 Å². The highest BCUT2D eigenvalue weighted by Crippen LogP contribution is 2.22. The Morgan fingerprint density at radius 3 is 1.56 bits per heavy atom. The lowest BCUT2D eigenvalue weighted by Crippen LogP contribution is -1.96. The van der Waals surface area contributed by atoms with Gasteiger partial charge < -0.3 is 4.74 Å². The zero-order valence-electron chi connectivity index (χ0n) is 20.5. The fourth-order valence-electron chi connectivity index (χ4n) is 3.81. The fourth-order valence-corrected chi connectivity index (χ4v) is 3.81. The summed E-state index contributed by atoms with van der Waals surface area (Å²) in [7, 11) is 0. The summed E-state index contributed by atoms with van der Waals surface area (Å²) in [6.07, 6.45) is 18.4. The van der Waals surface area contributed by atoms with Gasteiger partial charge in [0.15, 0.2) is 0 Å². The van der Waals surface area contributed by atoms with Crippen molar-refractivity contribution in [2.45, 2.75) is 104 Å². The van der Waals surface area contributed by atoms with Crippen LogP contribution in [0.1, 0.15) is 103 Å². The van der Waals surface area contributed by atoms with Gasteiger partial charge in [0.1, 0.15) is 5.75 Å². The third kappa shape index (κ3) is 12.0. The predicted octanol–water partition coefficient (Wildman–Crippen LogP) is 10.1. The summed E-state index contributed by atoms with van der Waals surface area (Å²) in [6.45, 7) is 5.29. The Bertz CT molecular complexity index is 722. The Hall–Kier alpha value is -2.16. The molecule has 2 rings (SSSR count). The number of azo groups is 1. The standard InChI is InChI=1S/C29H44N2O/c1-3-5-7-9-10-11-12-13-14-16-26-17-19-27(20-18-26)30-31-28-21-23-29(24-22-28)32-25-15-8-6-4-2/h17-24H,3-16,25H2,1-2H3. The predicted molar refractivity (Wildman–Crippen MR) is 138 cm³/mol. The van der Waals surface area contributed by atoms with Crippen molar-refractivity contribution in [3.63, 3.8) is 0 Å². The topological polar surface area (TPSA) is 34.0 Å². The lowest BCUT2D eigenvalue weighted by Gasteiger charge is -2.05. The molecule has 0 aliphatic rings. The van der Waals surface area contributed by atoms with Crippen LogP contribution in [0.15, 0.2) is 58.8 Å². The number of hydrogen-bond acceptors (Lipinski definition) is 3. The van der Waals surface area contributed by atoms with Crippen molar-refractivity contribution in [3.8, 4) is 5.75 Å². The summed E-state index contributed by atoms with van der Waals surface area (Å²) in [6, 6.07) is 16.4. The van der Waals surface area contributed by atoms with E-state index in [4.69, 9.17) is 4.74 Å². The summed E-state index contributed by atoms with van der Waals surface area (Å²) in [5.41, 5.74) is 3.14. The van der Waals surface area contributed by atoms with Gasteiger partial charge in [-0.05, 0) is 61.2 Å². The van der Waals surface area contributed by atoms with E-state index >= 15 is 0 Å². The van der Waals surface area contributed by atoms with Gasteiger partial charge >= 0.3 is 0 Å². The highest BCUT2D eigenvalue weighted by atomic mass is 16.5. The van der Waals surface area contributed by atoms with Crippen molar-refractivity contribution >= 4 is 11.4 Å². The van der Waals surface area contributed by atoms with Crippen molar-refractivity contribution in [1.29, 1.82) is 0 Å². The number of aryl methyl sites for hydroxylation is 1.